The molecule has 1 fully saturated rings. The van der Waals surface area contributed by atoms with E-state index in [1.165, 1.54) is 26.4 Å². The van der Waals surface area contributed by atoms with Crippen molar-refractivity contribution in [2.75, 3.05) is 45.7 Å². The standard InChI is InChI=1S/C20H26ClN5O5S/c1-14-4-5-15(10-18(14)32(29,30)24(2)3)23-19(27)13-26-20(28)16(17(21)11-22-26)12-25-6-8-31-9-7-25/h4-5,10-11H,6-9,12-13H2,1-3H3,(H,23,27). The Morgan fingerprint density at radius 3 is 2.62 bits per heavy atom. The minimum absolute atomic E-state index is 0.0925. The number of carbonyl (C=O) groups is 1. The molecule has 0 bridgehead atoms. The molecule has 10 nitrogen and oxygen atoms in total. The van der Waals surface area contributed by atoms with Gasteiger partial charge in [0.05, 0.1) is 34.9 Å². The molecule has 1 aliphatic rings. The average Bonchev–Trinajstić information content (AvgIpc) is 2.75. The summed E-state index contributed by atoms with van der Waals surface area (Å²) < 4.78 is 32.5. The maximum atomic E-state index is 12.8. The number of nitrogens with one attached hydrogen (secondary N) is 1. The van der Waals surface area contributed by atoms with Gasteiger partial charge in [0.25, 0.3) is 5.56 Å². The minimum atomic E-state index is -3.67. The van der Waals surface area contributed by atoms with E-state index in [1.54, 1.807) is 19.1 Å². The number of aromatic nitrogens is 2. The van der Waals surface area contributed by atoms with Crippen LogP contribution in [-0.2, 0) is 32.6 Å². The summed E-state index contributed by atoms with van der Waals surface area (Å²) in [7, 11) is -0.794. The van der Waals surface area contributed by atoms with Gasteiger partial charge in [0.2, 0.25) is 15.9 Å². The van der Waals surface area contributed by atoms with Crippen LogP contribution in [0.3, 0.4) is 0 Å². The Bertz CT molecular complexity index is 1160. The lowest BCUT2D eigenvalue weighted by Gasteiger charge is -2.26. The Kier molecular flexibility index (Phi) is 7.67. The predicted molar refractivity (Wildman–Crippen MR) is 120 cm³/mol. The van der Waals surface area contributed by atoms with Crippen molar-refractivity contribution in [2.45, 2.75) is 24.9 Å². The Balaban J connectivity index is 1.77. The SMILES string of the molecule is Cc1ccc(NC(=O)Cn2ncc(Cl)c(CN3CCOCC3)c2=O)cc1S(=O)(=O)N(C)C. The van der Waals surface area contributed by atoms with E-state index in [1.807, 2.05) is 0 Å². The van der Waals surface area contributed by atoms with Crippen molar-refractivity contribution in [3.63, 3.8) is 0 Å². The van der Waals surface area contributed by atoms with Gasteiger partial charge in [0, 0.05) is 39.4 Å². The number of carbonyl (C=O) groups excluding carboxylic acids is 1. The molecule has 1 aliphatic heterocycles. The number of sulfonamides is 1. The van der Waals surface area contributed by atoms with Gasteiger partial charge < -0.3 is 10.1 Å². The molecule has 12 heteroatoms. The quantitative estimate of drug-likeness (QED) is 0.623. The van der Waals surface area contributed by atoms with Gasteiger partial charge in [-0.3, -0.25) is 14.5 Å². The molecule has 0 saturated carbocycles. The molecular weight excluding hydrogens is 458 g/mol. The van der Waals surface area contributed by atoms with Crippen LogP contribution in [0.5, 0.6) is 0 Å². The van der Waals surface area contributed by atoms with Crippen LogP contribution in [0.25, 0.3) is 0 Å². The van der Waals surface area contributed by atoms with E-state index in [-0.39, 0.29) is 16.5 Å². The lowest BCUT2D eigenvalue weighted by Crippen LogP contribution is -2.39. The maximum Gasteiger partial charge on any atom is 0.273 e. The third kappa shape index (κ3) is 5.54. The van der Waals surface area contributed by atoms with Gasteiger partial charge in [-0.25, -0.2) is 17.4 Å². The monoisotopic (exact) mass is 483 g/mol. The second kappa shape index (κ2) is 10.1. The Morgan fingerprint density at radius 2 is 1.97 bits per heavy atom. The summed E-state index contributed by atoms with van der Waals surface area (Å²) >= 11 is 6.19. The van der Waals surface area contributed by atoms with Gasteiger partial charge in [0.1, 0.15) is 6.54 Å². The highest BCUT2D eigenvalue weighted by Gasteiger charge is 2.21. The summed E-state index contributed by atoms with van der Waals surface area (Å²) in [6.07, 6.45) is 1.35. The largest absolute Gasteiger partial charge is 0.379 e. The highest BCUT2D eigenvalue weighted by molar-refractivity contribution is 7.89. The first kappa shape index (κ1) is 24.3. The molecule has 3 rings (SSSR count). The second-order valence-electron chi connectivity index (χ2n) is 7.64. The Labute approximate surface area is 191 Å². The fraction of sp³-hybridized carbons (Fsp3) is 0.450. The molecule has 1 N–H and O–H groups in total. The zero-order valence-electron chi connectivity index (χ0n) is 18.2. The molecule has 1 saturated heterocycles. The van der Waals surface area contributed by atoms with Crippen molar-refractivity contribution in [2.24, 2.45) is 0 Å². The summed E-state index contributed by atoms with van der Waals surface area (Å²) in [4.78, 5) is 27.6. The molecule has 1 amide bonds. The van der Waals surface area contributed by atoms with Gasteiger partial charge in [0.15, 0.2) is 0 Å². The van der Waals surface area contributed by atoms with Gasteiger partial charge in [-0.1, -0.05) is 17.7 Å². The van der Waals surface area contributed by atoms with E-state index in [4.69, 9.17) is 16.3 Å². The summed E-state index contributed by atoms with van der Waals surface area (Å²) in [5.74, 6) is -0.517. The van der Waals surface area contributed by atoms with Crippen LogP contribution in [0.2, 0.25) is 5.02 Å². The summed E-state index contributed by atoms with van der Waals surface area (Å²) in [5, 5.41) is 6.85. The number of halogens is 1. The van der Waals surface area contributed by atoms with Crippen LogP contribution >= 0.6 is 11.6 Å². The molecule has 0 aliphatic carbocycles. The van der Waals surface area contributed by atoms with Crippen LogP contribution in [0, 0.1) is 6.92 Å². The van der Waals surface area contributed by atoms with Gasteiger partial charge >= 0.3 is 0 Å². The molecular formula is C20H26ClN5O5S. The first-order valence-corrected chi connectivity index (χ1v) is 11.8. The normalized spacial score (nSPS) is 15.2. The summed E-state index contributed by atoms with van der Waals surface area (Å²) in [5.41, 5.74) is 0.779. The molecule has 174 valence electrons. The van der Waals surface area contributed by atoms with E-state index in [0.29, 0.717) is 49.7 Å². The van der Waals surface area contributed by atoms with Crippen LogP contribution in [0.15, 0.2) is 34.1 Å². The number of aryl methyl sites for hydroxylation is 1. The van der Waals surface area contributed by atoms with Gasteiger partial charge in [-0.05, 0) is 24.6 Å². The Morgan fingerprint density at radius 1 is 1.28 bits per heavy atom. The fourth-order valence-corrected chi connectivity index (χ4v) is 4.56. The first-order valence-electron chi connectivity index (χ1n) is 9.97. The van der Waals surface area contributed by atoms with E-state index < -0.39 is 21.5 Å². The van der Waals surface area contributed by atoms with Crippen molar-refractivity contribution < 1.29 is 17.9 Å². The highest BCUT2D eigenvalue weighted by atomic mass is 35.5. The highest BCUT2D eigenvalue weighted by Crippen LogP contribution is 2.22. The van der Waals surface area contributed by atoms with Crippen molar-refractivity contribution in [1.29, 1.82) is 0 Å². The lowest BCUT2D eigenvalue weighted by atomic mass is 10.2. The number of hydrogen-bond donors (Lipinski definition) is 1. The molecule has 1 aromatic heterocycles. The summed E-state index contributed by atoms with van der Waals surface area (Å²) in [6, 6.07) is 4.60. The van der Waals surface area contributed by atoms with Crippen molar-refractivity contribution in [1.82, 2.24) is 19.0 Å². The zero-order chi connectivity index (χ0) is 23.5. The molecule has 2 heterocycles. The molecule has 1 aromatic carbocycles. The van der Waals surface area contributed by atoms with E-state index in [9.17, 15) is 18.0 Å². The van der Waals surface area contributed by atoms with E-state index in [0.717, 1.165) is 8.99 Å². The van der Waals surface area contributed by atoms with Crippen LogP contribution in [-0.4, -0.2) is 73.7 Å². The second-order valence-corrected chi connectivity index (χ2v) is 10.2. The number of rotatable bonds is 7. The first-order chi connectivity index (χ1) is 15.1. The Hall–Kier alpha value is -2.31. The number of morpholine rings is 1. The number of ether oxygens (including phenoxy) is 1. The summed E-state index contributed by atoms with van der Waals surface area (Å²) in [6.45, 7) is 4.22. The average molecular weight is 484 g/mol. The molecule has 0 atom stereocenters. The third-order valence-electron chi connectivity index (χ3n) is 5.10. The van der Waals surface area contributed by atoms with Crippen molar-refractivity contribution in [3.05, 3.63) is 50.9 Å². The number of nitrogens with zero attached hydrogens (tertiary/aromatic N) is 4. The number of benzene rings is 1. The van der Waals surface area contributed by atoms with Gasteiger partial charge in [-0.15, -0.1) is 0 Å². The van der Waals surface area contributed by atoms with Crippen molar-refractivity contribution in [3.8, 4) is 0 Å². The molecule has 0 unspecified atom stereocenters. The minimum Gasteiger partial charge on any atom is -0.379 e. The molecule has 0 spiro atoms. The van der Waals surface area contributed by atoms with E-state index in [2.05, 4.69) is 15.3 Å². The van der Waals surface area contributed by atoms with Gasteiger partial charge in [-0.2, -0.15) is 5.10 Å². The number of anilines is 1. The maximum absolute atomic E-state index is 12.8. The van der Waals surface area contributed by atoms with Crippen molar-refractivity contribution >= 4 is 33.2 Å². The van der Waals surface area contributed by atoms with Crippen LogP contribution in [0.4, 0.5) is 5.69 Å². The van der Waals surface area contributed by atoms with E-state index >= 15 is 0 Å². The zero-order valence-corrected chi connectivity index (χ0v) is 19.7. The van der Waals surface area contributed by atoms with Crippen LogP contribution in [0.1, 0.15) is 11.1 Å². The molecule has 0 radical (unpaired) electrons. The third-order valence-corrected chi connectivity index (χ3v) is 7.38. The topological polar surface area (TPSA) is 114 Å². The van der Waals surface area contributed by atoms with Crippen LogP contribution < -0.4 is 10.9 Å². The molecule has 32 heavy (non-hydrogen) atoms. The predicted octanol–water partition coefficient (Wildman–Crippen LogP) is 0.926. The smallest absolute Gasteiger partial charge is 0.273 e. The lowest BCUT2D eigenvalue weighted by molar-refractivity contribution is -0.117. The number of hydrogen-bond acceptors (Lipinski definition) is 7. The molecule has 2 aromatic rings. The number of amides is 1. The fourth-order valence-electron chi connectivity index (χ4n) is 3.24.